The molecule has 0 N–H and O–H groups in total. The van der Waals surface area contributed by atoms with Gasteiger partial charge in [0.1, 0.15) is 5.82 Å². The standard InChI is InChI=1S/C20H19FN2/c1-13-8-18(12-16-4-6-22-14(2)10-16)20(19(21)9-13)17-5-7-23-15(3)11-17/h4-11H,12H2,1-3H3. The Labute approximate surface area is 136 Å². The van der Waals surface area contributed by atoms with Gasteiger partial charge in [0.15, 0.2) is 0 Å². The second-order valence-corrected chi connectivity index (χ2v) is 5.95. The highest BCUT2D eigenvalue weighted by Crippen LogP contribution is 2.30. The summed E-state index contributed by atoms with van der Waals surface area (Å²) in [6.45, 7) is 5.81. The van der Waals surface area contributed by atoms with Gasteiger partial charge in [-0.2, -0.15) is 0 Å². The smallest absolute Gasteiger partial charge is 0.131 e. The third-order valence-corrected chi connectivity index (χ3v) is 3.86. The fraction of sp³-hybridized carbons (Fsp3) is 0.200. The van der Waals surface area contributed by atoms with Gasteiger partial charge < -0.3 is 0 Å². The Morgan fingerprint density at radius 1 is 0.870 bits per heavy atom. The normalized spacial score (nSPS) is 10.8. The van der Waals surface area contributed by atoms with Gasteiger partial charge in [0.2, 0.25) is 0 Å². The van der Waals surface area contributed by atoms with Crippen molar-refractivity contribution >= 4 is 0 Å². The summed E-state index contributed by atoms with van der Waals surface area (Å²) in [6.07, 6.45) is 4.20. The van der Waals surface area contributed by atoms with Crippen LogP contribution in [0.1, 0.15) is 28.1 Å². The van der Waals surface area contributed by atoms with Gasteiger partial charge in [0.05, 0.1) is 0 Å². The molecule has 116 valence electrons. The fourth-order valence-electron chi connectivity index (χ4n) is 2.91. The lowest BCUT2D eigenvalue weighted by Gasteiger charge is -2.13. The average Bonchev–Trinajstić information content (AvgIpc) is 2.46. The van der Waals surface area contributed by atoms with Crippen molar-refractivity contribution in [2.75, 3.05) is 0 Å². The van der Waals surface area contributed by atoms with Gasteiger partial charge in [-0.15, -0.1) is 0 Å². The molecule has 0 radical (unpaired) electrons. The van der Waals surface area contributed by atoms with Gasteiger partial charge in [0.25, 0.3) is 0 Å². The van der Waals surface area contributed by atoms with Crippen molar-refractivity contribution in [2.24, 2.45) is 0 Å². The van der Waals surface area contributed by atoms with E-state index in [1.54, 1.807) is 18.5 Å². The van der Waals surface area contributed by atoms with E-state index >= 15 is 0 Å². The molecule has 0 aliphatic rings. The van der Waals surface area contributed by atoms with E-state index in [2.05, 4.69) is 16.0 Å². The van der Waals surface area contributed by atoms with Crippen molar-refractivity contribution < 1.29 is 4.39 Å². The summed E-state index contributed by atoms with van der Waals surface area (Å²) < 4.78 is 14.7. The lowest BCUT2D eigenvalue weighted by atomic mass is 9.93. The maximum atomic E-state index is 14.7. The van der Waals surface area contributed by atoms with Crippen LogP contribution in [0.15, 0.2) is 48.8 Å². The van der Waals surface area contributed by atoms with E-state index in [1.165, 1.54) is 0 Å². The predicted octanol–water partition coefficient (Wildman–Crippen LogP) is 4.80. The van der Waals surface area contributed by atoms with Crippen molar-refractivity contribution in [3.05, 3.63) is 82.7 Å². The molecule has 0 saturated heterocycles. The topological polar surface area (TPSA) is 25.8 Å². The summed E-state index contributed by atoms with van der Waals surface area (Å²) in [4.78, 5) is 8.43. The minimum Gasteiger partial charge on any atom is -0.262 e. The van der Waals surface area contributed by atoms with Crippen molar-refractivity contribution in [1.82, 2.24) is 9.97 Å². The van der Waals surface area contributed by atoms with E-state index in [0.29, 0.717) is 12.0 Å². The number of benzene rings is 1. The molecule has 3 heteroatoms. The molecule has 0 amide bonds. The minimum absolute atomic E-state index is 0.184. The third kappa shape index (κ3) is 3.45. The zero-order valence-electron chi connectivity index (χ0n) is 13.6. The zero-order chi connectivity index (χ0) is 16.4. The van der Waals surface area contributed by atoms with Gasteiger partial charge in [0, 0.05) is 29.3 Å². The summed E-state index contributed by atoms with van der Waals surface area (Å²) in [6, 6.07) is 11.5. The molecule has 2 heterocycles. The van der Waals surface area contributed by atoms with Crippen molar-refractivity contribution in [2.45, 2.75) is 27.2 Å². The van der Waals surface area contributed by atoms with E-state index in [0.717, 1.165) is 33.6 Å². The van der Waals surface area contributed by atoms with Gasteiger partial charge in [-0.25, -0.2) is 4.39 Å². The van der Waals surface area contributed by atoms with Crippen molar-refractivity contribution in [3.8, 4) is 11.1 Å². The maximum Gasteiger partial charge on any atom is 0.131 e. The Kier molecular flexibility index (Phi) is 4.20. The number of hydrogen-bond donors (Lipinski definition) is 0. The lowest BCUT2D eigenvalue weighted by molar-refractivity contribution is 0.628. The highest BCUT2D eigenvalue weighted by Gasteiger charge is 2.13. The molecule has 0 fully saturated rings. The highest BCUT2D eigenvalue weighted by atomic mass is 19.1. The second-order valence-electron chi connectivity index (χ2n) is 5.95. The molecule has 3 aromatic rings. The number of aryl methyl sites for hydroxylation is 3. The van der Waals surface area contributed by atoms with Crippen LogP contribution < -0.4 is 0 Å². The van der Waals surface area contributed by atoms with Crippen LogP contribution in [0.5, 0.6) is 0 Å². The van der Waals surface area contributed by atoms with E-state index in [9.17, 15) is 4.39 Å². The summed E-state index contributed by atoms with van der Waals surface area (Å²) >= 11 is 0. The maximum absolute atomic E-state index is 14.7. The average molecular weight is 306 g/mol. The number of halogens is 1. The number of rotatable bonds is 3. The summed E-state index contributed by atoms with van der Waals surface area (Å²) in [5.41, 5.74) is 6.43. The summed E-state index contributed by atoms with van der Waals surface area (Å²) in [7, 11) is 0. The molecule has 1 aromatic carbocycles. The number of pyridine rings is 2. The molecule has 2 aromatic heterocycles. The summed E-state index contributed by atoms with van der Waals surface area (Å²) in [5, 5.41) is 0. The second kappa shape index (κ2) is 6.29. The van der Waals surface area contributed by atoms with Crippen LogP contribution in [-0.2, 0) is 6.42 Å². The third-order valence-electron chi connectivity index (χ3n) is 3.86. The van der Waals surface area contributed by atoms with E-state index < -0.39 is 0 Å². The van der Waals surface area contributed by atoms with Crippen LogP contribution in [0.3, 0.4) is 0 Å². The Balaban J connectivity index is 2.12. The molecule has 0 bridgehead atoms. The minimum atomic E-state index is -0.184. The van der Waals surface area contributed by atoms with Crippen LogP contribution in [0, 0.1) is 26.6 Å². The Morgan fingerprint density at radius 3 is 2.26 bits per heavy atom. The molecule has 0 unspecified atom stereocenters. The van der Waals surface area contributed by atoms with Crippen LogP contribution in [-0.4, -0.2) is 9.97 Å². The zero-order valence-corrected chi connectivity index (χ0v) is 13.6. The SMILES string of the molecule is Cc1cc(F)c(-c2ccnc(C)c2)c(Cc2ccnc(C)c2)c1. The Hall–Kier alpha value is -2.55. The highest BCUT2D eigenvalue weighted by molar-refractivity contribution is 5.69. The van der Waals surface area contributed by atoms with Crippen molar-refractivity contribution in [1.29, 1.82) is 0 Å². The number of hydrogen-bond acceptors (Lipinski definition) is 2. The first-order valence-corrected chi connectivity index (χ1v) is 7.66. The van der Waals surface area contributed by atoms with Crippen LogP contribution in [0.4, 0.5) is 4.39 Å². The van der Waals surface area contributed by atoms with E-state index in [4.69, 9.17) is 0 Å². The molecular formula is C20H19FN2. The summed E-state index contributed by atoms with van der Waals surface area (Å²) in [5.74, 6) is -0.184. The molecule has 2 nitrogen and oxygen atoms in total. The number of aromatic nitrogens is 2. The van der Waals surface area contributed by atoms with E-state index in [-0.39, 0.29) is 5.82 Å². The van der Waals surface area contributed by atoms with Crippen molar-refractivity contribution in [3.63, 3.8) is 0 Å². The van der Waals surface area contributed by atoms with Gasteiger partial charge in [-0.3, -0.25) is 9.97 Å². The fourth-order valence-corrected chi connectivity index (χ4v) is 2.91. The first-order chi connectivity index (χ1) is 11.0. The molecule has 0 aliphatic heterocycles. The van der Waals surface area contributed by atoms with Gasteiger partial charge in [-0.05, 0) is 79.8 Å². The van der Waals surface area contributed by atoms with Crippen LogP contribution in [0.2, 0.25) is 0 Å². The molecule has 0 atom stereocenters. The molecule has 23 heavy (non-hydrogen) atoms. The molecule has 0 aliphatic carbocycles. The molecular weight excluding hydrogens is 287 g/mol. The largest absolute Gasteiger partial charge is 0.262 e. The monoisotopic (exact) mass is 306 g/mol. The number of nitrogens with zero attached hydrogens (tertiary/aromatic N) is 2. The van der Waals surface area contributed by atoms with Gasteiger partial charge >= 0.3 is 0 Å². The van der Waals surface area contributed by atoms with Crippen LogP contribution >= 0.6 is 0 Å². The first kappa shape index (κ1) is 15.3. The Bertz CT molecular complexity index is 856. The van der Waals surface area contributed by atoms with Crippen LogP contribution in [0.25, 0.3) is 11.1 Å². The Morgan fingerprint density at radius 2 is 1.57 bits per heavy atom. The first-order valence-electron chi connectivity index (χ1n) is 7.66. The van der Waals surface area contributed by atoms with Gasteiger partial charge in [-0.1, -0.05) is 6.07 Å². The molecule has 0 spiro atoms. The van der Waals surface area contributed by atoms with E-state index in [1.807, 2.05) is 45.0 Å². The molecule has 3 rings (SSSR count). The lowest BCUT2D eigenvalue weighted by Crippen LogP contribution is -1.98. The predicted molar refractivity (Wildman–Crippen MR) is 90.9 cm³/mol. The quantitative estimate of drug-likeness (QED) is 0.694. The molecule has 0 saturated carbocycles.